The number of rotatable bonds is 2. The highest BCUT2D eigenvalue weighted by Crippen LogP contribution is 2.36. The Morgan fingerprint density at radius 1 is 1.05 bits per heavy atom. The molecule has 0 saturated carbocycles. The first-order valence-electron chi connectivity index (χ1n) is 6.54. The topological polar surface area (TPSA) is 53.2 Å². The van der Waals surface area contributed by atoms with Gasteiger partial charge in [0.05, 0.1) is 7.11 Å². The lowest BCUT2D eigenvalue weighted by Gasteiger charge is -2.10. The zero-order valence-corrected chi connectivity index (χ0v) is 11.5. The zero-order valence-electron chi connectivity index (χ0n) is 11.5. The van der Waals surface area contributed by atoms with Crippen LogP contribution in [0.5, 0.6) is 11.5 Å². The second kappa shape index (κ2) is 5.18. The van der Waals surface area contributed by atoms with E-state index in [1.165, 1.54) is 0 Å². The molecule has 21 heavy (non-hydrogen) atoms. The Labute approximate surface area is 122 Å². The Morgan fingerprint density at radius 2 is 1.76 bits per heavy atom. The monoisotopic (exact) mass is 275 g/mol. The molecule has 1 N–H and O–H groups in total. The minimum Gasteiger partial charge on any atom is -0.506 e. The van der Waals surface area contributed by atoms with Crippen LogP contribution in [0.15, 0.2) is 54.6 Å². The van der Waals surface area contributed by atoms with Crippen molar-refractivity contribution in [3.63, 3.8) is 0 Å². The summed E-state index contributed by atoms with van der Waals surface area (Å²) in [6.07, 6.45) is 0. The molecule has 0 atom stereocenters. The number of ether oxygens (including phenoxy) is 1. The van der Waals surface area contributed by atoms with Crippen molar-refractivity contribution in [3.05, 3.63) is 60.2 Å². The van der Waals surface area contributed by atoms with Gasteiger partial charge in [0.15, 0.2) is 0 Å². The predicted molar refractivity (Wildman–Crippen MR) is 82.3 cm³/mol. The highest BCUT2D eigenvalue weighted by molar-refractivity contribution is 5.96. The molecule has 0 amide bonds. The van der Waals surface area contributed by atoms with E-state index in [2.05, 4.69) is 6.07 Å². The molecule has 0 unspecified atom stereocenters. The molecule has 0 aromatic heterocycles. The minimum absolute atomic E-state index is 0.0291. The quantitative estimate of drug-likeness (QED) is 0.766. The van der Waals surface area contributed by atoms with Crippen LogP contribution >= 0.6 is 0 Å². The first kappa shape index (κ1) is 13.0. The lowest BCUT2D eigenvalue weighted by atomic mass is 9.95. The Kier molecular flexibility index (Phi) is 3.21. The second-order valence-corrected chi connectivity index (χ2v) is 4.71. The number of fused-ring (bicyclic) bond motifs is 1. The Hall–Kier alpha value is -2.99. The van der Waals surface area contributed by atoms with Gasteiger partial charge >= 0.3 is 0 Å². The van der Waals surface area contributed by atoms with E-state index >= 15 is 0 Å². The molecule has 0 saturated heterocycles. The molecule has 0 aliphatic carbocycles. The van der Waals surface area contributed by atoms with E-state index in [4.69, 9.17) is 4.74 Å². The van der Waals surface area contributed by atoms with E-state index in [-0.39, 0.29) is 5.75 Å². The first-order valence-corrected chi connectivity index (χ1v) is 6.54. The van der Waals surface area contributed by atoms with Crippen LogP contribution in [0, 0.1) is 11.3 Å². The summed E-state index contributed by atoms with van der Waals surface area (Å²) in [5.41, 5.74) is 1.88. The van der Waals surface area contributed by atoms with Crippen LogP contribution in [0.3, 0.4) is 0 Å². The van der Waals surface area contributed by atoms with Crippen LogP contribution in [-0.2, 0) is 0 Å². The highest BCUT2D eigenvalue weighted by Gasteiger charge is 2.13. The van der Waals surface area contributed by atoms with Crippen LogP contribution in [-0.4, -0.2) is 12.2 Å². The first-order chi connectivity index (χ1) is 10.2. The third-order valence-corrected chi connectivity index (χ3v) is 3.53. The molecule has 0 spiro atoms. The van der Waals surface area contributed by atoms with Crippen LogP contribution in [0.2, 0.25) is 0 Å². The van der Waals surface area contributed by atoms with Crippen molar-refractivity contribution >= 4 is 10.8 Å². The number of benzene rings is 3. The van der Waals surface area contributed by atoms with Gasteiger partial charge in [0.25, 0.3) is 0 Å². The van der Waals surface area contributed by atoms with E-state index in [0.29, 0.717) is 10.9 Å². The summed E-state index contributed by atoms with van der Waals surface area (Å²) >= 11 is 0. The van der Waals surface area contributed by atoms with Gasteiger partial charge in [-0.2, -0.15) is 5.26 Å². The minimum atomic E-state index is 0.0291. The molecular formula is C18H13NO2. The van der Waals surface area contributed by atoms with Crippen molar-refractivity contribution in [2.24, 2.45) is 0 Å². The zero-order chi connectivity index (χ0) is 14.8. The summed E-state index contributed by atoms with van der Waals surface area (Å²) in [5, 5.41) is 21.3. The molecule has 3 rings (SSSR count). The van der Waals surface area contributed by atoms with Crippen molar-refractivity contribution < 1.29 is 9.84 Å². The SMILES string of the molecule is COc1ccc(-c2cc3ccccc3c(O)c2C#N)cc1. The third kappa shape index (κ3) is 2.17. The molecule has 0 radical (unpaired) electrons. The van der Waals surface area contributed by atoms with Crippen molar-refractivity contribution in [2.45, 2.75) is 0 Å². The fourth-order valence-corrected chi connectivity index (χ4v) is 2.44. The van der Waals surface area contributed by atoms with Crippen molar-refractivity contribution in [2.75, 3.05) is 7.11 Å². The predicted octanol–water partition coefficient (Wildman–Crippen LogP) is 4.09. The molecule has 3 nitrogen and oxygen atoms in total. The average molecular weight is 275 g/mol. The standard InChI is InChI=1S/C18H13NO2/c1-21-14-8-6-12(7-9-14)16-10-13-4-2-3-5-15(13)18(20)17(16)11-19/h2-10,20H,1H3. The summed E-state index contributed by atoms with van der Waals surface area (Å²) in [6.45, 7) is 0. The largest absolute Gasteiger partial charge is 0.506 e. The lowest BCUT2D eigenvalue weighted by Crippen LogP contribution is -1.88. The number of hydrogen-bond donors (Lipinski definition) is 1. The molecule has 3 aromatic rings. The number of nitrogens with zero attached hydrogens (tertiary/aromatic N) is 1. The van der Waals surface area contributed by atoms with Crippen LogP contribution in [0.1, 0.15) is 5.56 Å². The number of methoxy groups -OCH3 is 1. The lowest BCUT2D eigenvalue weighted by molar-refractivity contribution is 0.415. The number of hydrogen-bond acceptors (Lipinski definition) is 3. The van der Waals surface area contributed by atoms with Gasteiger partial charge < -0.3 is 9.84 Å². The fourth-order valence-electron chi connectivity index (χ4n) is 2.44. The molecule has 0 aliphatic heterocycles. The maximum Gasteiger partial charge on any atom is 0.141 e. The summed E-state index contributed by atoms with van der Waals surface area (Å²) in [4.78, 5) is 0. The fraction of sp³-hybridized carbons (Fsp3) is 0.0556. The smallest absolute Gasteiger partial charge is 0.141 e. The summed E-state index contributed by atoms with van der Waals surface area (Å²) in [6, 6.07) is 18.9. The van der Waals surface area contributed by atoms with E-state index < -0.39 is 0 Å². The van der Waals surface area contributed by atoms with E-state index in [1.807, 2.05) is 54.6 Å². The third-order valence-electron chi connectivity index (χ3n) is 3.53. The van der Waals surface area contributed by atoms with Gasteiger partial charge in [0.2, 0.25) is 0 Å². The number of phenolic OH excluding ortho intramolecular Hbond substituents is 1. The maximum absolute atomic E-state index is 10.3. The van der Waals surface area contributed by atoms with Crippen LogP contribution in [0.4, 0.5) is 0 Å². The van der Waals surface area contributed by atoms with Gasteiger partial charge in [-0.3, -0.25) is 0 Å². The van der Waals surface area contributed by atoms with E-state index in [0.717, 1.165) is 22.3 Å². The van der Waals surface area contributed by atoms with Crippen molar-refractivity contribution in [1.29, 1.82) is 5.26 Å². The second-order valence-electron chi connectivity index (χ2n) is 4.71. The van der Waals surface area contributed by atoms with Crippen molar-refractivity contribution in [3.8, 4) is 28.7 Å². The van der Waals surface area contributed by atoms with Gasteiger partial charge in [-0.15, -0.1) is 0 Å². The number of nitriles is 1. The summed E-state index contributed by atoms with van der Waals surface area (Å²) < 4.78 is 5.14. The van der Waals surface area contributed by atoms with Gasteiger partial charge in [-0.25, -0.2) is 0 Å². The highest BCUT2D eigenvalue weighted by atomic mass is 16.5. The summed E-state index contributed by atoms with van der Waals surface area (Å²) in [5.74, 6) is 0.781. The molecule has 0 bridgehead atoms. The van der Waals surface area contributed by atoms with Gasteiger partial charge in [-0.1, -0.05) is 36.4 Å². The molecule has 0 heterocycles. The van der Waals surface area contributed by atoms with Crippen molar-refractivity contribution in [1.82, 2.24) is 0 Å². The maximum atomic E-state index is 10.3. The molecule has 0 aliphatic rings. The van der Waals surface area contributed by atoms with Gasteiger partial charge in [0.1, 0.15) is 23.1 Å². The molecule has 102 valence electrons. The molecule has 3 aromatic carbocycles. The number of phenols is 1. The Morgan fingerprint density at radius 3 is 2.43 bits per heavy atom. The Balaban J connectivity index is 2.28. The molecular weight excluding hydrogens is 262 g/mol. The Bertz CT molecular complexity index is 845. The number of aromatic hydroxyl groups is 1. The van der Waals surface area contributed by atoms with Gasteiger partial charge in [0, 0.05) is 10.9 Å². The van der Waals surface area contributed by atoms with E-state index in [9.17, 15) is 10.4 Å². The normalized spacial score (nSPS) is 10.3. The van der Waals surface area contributed by atoms with Crippen LogP contribution < -0.4 is 4.74 Å². The molecule has 3 heteroatoms. The molecule has 0 fully saturated rings. The van der Waals surface area contributed by atoms with E-state index in [1.54, 1.807) is 7.11 Å². The average Bonchev–Trinajstić information content (AvgIpc) is 2.55. The van der Waals surface area contributed by atoms with Crippen LogP contribution in [0.25, 0.3) is 21.9 Å². The van der Waals surface area contributed by atoms with Gasteiger partial charge in [-0.05, 0) is 29.1 Å². The summed E-state index contributed by atoms with van der Waals surface area (Å²) in [7, 11) is 1.61.